The van der Waals surface area contributed by atoms with Gasteiger partial charge in [0.15, 0.2) is 0 Å². The molecule has 0 aromatic carbocycles. The third kappa shape index (κ3) is 6.14. The van der Waals surface area contributed by atoms with Crippen LogP contribution < -0.4 is 0 Å². The Morgan fingerprint density at radius 3 is 2.38 bits per heavy atom. The highest BCUT2D eigenvalue weighted by molar-refractivity contribution is 7.11. The number of carbonyl (C=O) groups is 1. The molecule has 1 aromatic heterocycles. The predicted octanol–water partition coefficient (Wildman–Crippen LogP) is 2.96. The third-order valence-electron chi connectivity index (χ3n) is 3.49. The van der Waals surface area contributed by atoms with Gasteiger partial charge in [0.2, 0.25) is 5.91 Å². The van der Waals surface area contributed by atoms with Gasteiger partial charge >= 0.3 is 0 Å². The molecule has 1 N–H and O–H groups in total. The third-order valence-corrected chi connectivity index (χ3v) is 4.71. The molecule has 0 radical (unpaired) electrons. The summed E-state index contributed by atoms with van der Waals surface area (Å²) in [5.74, 6) is 0.182. The number of unbranched alkanes of at least 4 members (excludes halogenated alkanes) is 2. The van der Waals surface area contributed by atoms with Crippen LogP contribution >= 0.6 is 11.3 Å². The monoisotopic (exact) mass is 312 g/mol. The predicted molar refractivity (Wildman–Crippen MR) is 87.7 cm³/mol. The molecular weight excluding hydrogens is 284 g/mol. The summed E-state index contributed by atoms with van der Waals surface area (Å²) in [6.45, 7) is 8.07. The van der Waals surface area contributed by atoms with Gasteiger partial charge in [-0.15, -0.1) is 11.3 Å². The SMILES string of the molecule is CCCCN(CCCC)C(=O)Cc1nc(C)c(CCO)s1. The highest BCUT2D eigenvalue weighted by Gasteiger charge is 2.16. The summed E-state index contributed by atoms with van der Waals surface area (Å²) in [5, 5.41) is 9.90. The van der Waals surface area contributed by atoms with E-state index in [9.17, 15) is 4.79 Å². The molecule has 0 aliphatic carbocycles. The number of aryl methyl sites for hydroxylation is 1. The number of hydrogen-bond acceptors (Lipinski definition) is 4. The van der Waals surface area contributed by atoms with Gasteiger partial charge in [-0.25, -0.2) is 4.98 Å². The van der Waals surface area contributed by atoms with Crippen molar-refractivity contribution in [2.45, 2.75) is 59.3 Å². The van der Waals surface area contributed by atoms with Crippen LogP contribution in [0.2, 0.25) is 0 Å². The summed E-state index contributed by atoms with van der Waals surface area (Å²) in [6.07, 6.45) is 5.35. The smallest absolute Gasteiger partial charge is 0.229 e. The van der Waals surface area contributed by atoms with Crippen LogP contribution in [0.25, 0.3) is 0 Å². The normalized spacial score (nSPS) is 10.9. The van der Waals surface area contributed by atoms with Gasteiger partial charge < -0.3 is 10.0 Å². The van der Waals surface area contributed by atoms with Gasteiger partial charge in [0, 0.05) is 31.0 Å². The van der Waals surface area contributed by atoms with E-state index in [0.717, 1.165) is 54.4 Å². The molecule has 0 fully saturated rings. The number of hydrogen-bond donors (Lipinski definition) is 1. The topological polar surface area (TPSA) is 53.4 Å². The molecule has 120 valence electrons. The van der Waals surface area contributed by atoms with Gasteiger partial charge in [0.05, 0.1) is 12.1 Å². The minimum Gasteiger partial charge on any atom is -0.396 e. The van der Waals surface area contributed by atoms with E-state index in [1.807, 2.05) is 11.8 Å². The number of amides is 1. The van der Waals surface area contributed by atoms with Gasteiger partial charge in [0.25, 0.3) is 0 Å². The summed E-state index contributed by atoms with van der Waals surface area (Å²) < 4.78 is 0. The summed E-state index contributed by atoms with van der Waals surface area (Å²) in [6, 6.07) is 0. The first-order valence-corrected chi connectivity index (χ1v) is 8.77. The maximum Gasteiger partial charge on any atom is 0.229 e. The van der Waals surface area contributed by atoms with Gasteiger partial charge in [0.1, 0.15) is 5.01 Å². The van der Waals surface area contributed by atoms with Crippen LogP contribution in [0, 0.1) is 6.92 Å². The van der Waals surface area contributed by atoms with Crippen molar-refractivity contribution < 1.29 is 9.90 Å². The Labute approximate surface area is 132 Å². The summed E-state index contributed by atoms with van der Waals surface area (Å²) in [4.78, 5) is 20.0. The molecule has 0 saturated heterocycles. The van der Waals surface area contributed by atoms with E-state index in [-0.39, 0.29) is 12.5 Å². The zero-order valence-electron chi connectivity index (χ0n) is 13.5. The molecule has 5 heteroatoms. The fourth-order valence-electron chi connectivity index (χ4n) is 2.20. The lowest BCUT2D eigenvalue weighted by atomic mass is 10.2. The van der Waals surface area contributed by atoms with Crippen LogP contribution in [0.4, 0.5) is 0 Å². The Morgan fingerprint density at radius 2 is 1.86 bits per heavy atom. The second-order valence-electron chi connectivity index (χ2n) is 5.35. The Hall–Kier alpha value is -0.940. The molecule has 0 spiro atoms. The van der Waals surface area contributed by atoms with Crippen molar-refractivity contribution in [1.29, 1.82) is 0 Å². The number of thiazole rings is 1. The van der Waals surface area contributed by atoms with E-state index in [4.69, 9.17) is 5.11 Å². The van der Waals surface area contributed by atoms with Gasteiger partial charge in [-0.3, -0.25) is 4.79 Å². The second kappa shape index (κ2) is 9.90. The average Bonchev–Trinajstić information content (AvgIpc) is 2.79. The molecule has 0 bridgehead atoms. The highest BCUT2D eigenvalue weighted by atomic mass is 32.1. The average molecular weight is 312 g/mol. The molecule has 21 heavy (non-hydrogen) atoms. The lowest BCUT2D eigenvalue weighted by Crippen LogP contribution is -2.34. The summed E-state index contributed by atoms with van der Waals surface area (Å²) >= 11 is 1.56. The number of aliphatic hydroxyl groups excluding tert-OH is 1. The fourth-order valence-corrected chi connectivity index (χ4v) is 3.25. The van der Waals surface area contributed by atoms with Gasteiger partial charge in [-0.1, -0.05) is 26.7 Å². The van der Waals surface area contributed by atoms with E-state index < -0.39 is 0 Å². The Kier molecular flexibility index (Phi) is 8.54. The number of carbonyl (C=O) groups excluding carboxylic acids is 1. The molecule has 1 aromatic rings. The largest absolute Gasteiger partial charge is 0.396 e. The Bertz CT molecular complexity index is 424. The van der Waals surface area contributed by atoms with Crippen LogP contribution in [0.1, 0.15) is 55.1 Å². The quantitative estimate of drug-likeness (QED) is 0.722. The van der Waals surface area contributed by atoms with Gasteiger partial charge in [-0.05, 0) is 19.8 Å². The van der Waals surface area contributed by atoms with Crippen molar-refractivity contribution in [1.82, 2.24) is 9.88 Å². The summed E-state index contributed by atoms with van der Waals surface area (Å²) in [7, 11) is 0. The van der Waals surface area contributed by atoms with Crippen molar-refractivity contribution in [2.75, 3.05) is 19.7 Å². The van der Waals surface area contributed by atoms with Crippen LogP contribution in [0.5, 0.6) is 0 Å². The van der Waals surface area contributed by atoms with Crippen molar-refractivity contribution in [3.05, 3.63) is 15.6 Å². The lowest BCUT2D eigenvalue weighted by Gasteiger charge is -2.22. The first-order valence-electron chi connectivity index (χ1n) is 7.96. The standard InChI is InChI=1S/C16H28N2O2S/c1-4-6-9-18(10-7-5-2)16(20)12-15-17-13(3)14(21-15)8-11-19/h19H,4-12H2,1-3H3. The number of aromatic nitrogens is 1. The Morgan fingerprint density at radius 1 is 1.24 bits per heavy atom. The van der Waals surface area contributed by atoms with Crippen molar-refractivity contribution in [2.24, 2.45) is 0 Å². The molecule has 1 amide bonds. The zero-order chi connectivity index (χ0) is 15.7. The zero-order valence-corrected chi connectivity index (χ0v) is 14.3. The molecule has 1 heterocycles. The van der Waals surface area contributed by atoms with Crippen molar-refractivity contribution in [3.8, 4) is 0 Å². The van der Waals surface area contributed by atoms with Crippen molar-refractivity contribution in [3.63, 3.8) is 0 Å². The maximum atomic E-state index is 12.4. The van der Waals surface area contributed by atoms with E-state index in [1.54, 1.807) is 11.3 Å². The van der Waals surface area contributed by atoms with Crippen LogP contribution in [-0.4, -0.2) is 40.6 Å². The number of nitrogens with zero attached hydrogens (tertiary/aromatic N) is 2. The second-order valence-corrected chi connectivity index (χ2v) is 6.52. The molecule has 0 aliphatic rings. The molecule has 0 atom stereocenters. The van der Waals surface area contributed by atoms with Crippen molar-refractivity contribution >= 4 is 17.2 Å². The first-order chi connectivity index (χ1) is 10.1. The maximum absolute atomic E-state index is 12.4. The first kappa shape index (κ1) is 18.1. The molecule has 0 saturated carbocycles. The number of aliphatic hydroxyl groups is 1. The van der Waals surface area contributed by atoms with E-state index in [0.29, 0.717) is 12.8 Å². The molecular formula is C16H28N2O2S. The van der Waals surface area contributed by atoms with Crippen LogP contribution in [0.3, 0.4) is 0 Å². The van der Waals surface area contributed by atoms with E-state index >= 15 is 0 Å². The molecule has 1 rings (SSSR count). The highest BCUT2D eigenvalue weighted by Crippen LogP contribution is 2.19. The van der Waals surface area contributed by atoms with Crippen LogP contribution in [-0.2, 0) is 17.6 Å². The van der Waals surface area contributed by atoms with E-state index in [1.165, 1.54) is 0 Å². The number of rotatable bonds is 10. The van der Waals surface area contributed by atoms with E-state index in [2.05, 4.69) is 18.8 Å². The minimum absolute atomic E-state index is 0.134. The summed E-state index contributed by atoms with van der Waals surface area (Å²) in [5.41, 5.74) is 0.950. The Balaban J connectivity index is 2.64. The molecule has 0 unspecified atom stereocenters. The minimum atomic E-state index is 0.134. The van der Waals surface area contributed by atoms with Crippen LogP contribution in [0.15, 0.2) is 0 Å². The fraction of sp³-hybridized carbons (Fsp3) is 0.750. The molecule has 0 aliphatic heterocycles. The lowest BCUT2D eigenvalue weighted by molar-refractivity contribution is -0.130. The molecule has 4 nitrogen and oxygen atoms in total. The van der Waals surface area contributed by atoms with Gasteiger partial charge in [-0.2, -0.15) is 0 Å².